The molecule has 0 aromatic heterocycles. The van der Waals surface area contributed by atoms with Gasteiger partial charge in [0.25, 0.3) is 0 Å². The molecular weight excluding hydrogens is 788 g/mol. The van der Waals surface area contributed by atoms with Gasteiger partial charge in [0.15, 0.2) is 0 Å². The van der Waals surface area contributed by atoms with Gasteiger partial charge in [-0.25, -0.2) is 0 Å². The summed E-state index contributed by atoms with van der Waals surface area (Å²) >= 11 is 0. The zero-order valence-electron chi connectivity index (χ0n) is 36.6. The van der Waals surface area contributed by atoms with Crippen molar-refractivity contribution in [2.75, 3.05) is 40.0 Å². The molecule has 0 bridgehead atoms. The molecule has 0 N–H and O–H groups in total. The van der Waals surface area contributed by atoms with E-state index in [4.69, 9.17) is 9.47 Å². The van der Waals surface area contributed by atoms with Gasteiger partial charge in [-0.05, 0) is 216 Å². The third-order valence-corrected chi connectivity index (χ3v) is 26.5. The van der Waals surface area contributed by atoms with Crippen LogP contribution >= 0.6 is 0 Å². The van der Waals surface area contributed by atoms with Gasteiger partial charge in [-0.2, -0.15) is 13.2 Å². The Balaban J connectivity index is 0.883. The molecule has 3 nitrogen and oxygen atoms in total. The number of hydrogen-bond donors (Lipinski definition) is 0. The number of nitrogens with zero attached hydrogens (tertiary/aromatic N) is 1. The Bertz CT molecular complexity index is 2580. The number of hydrogen-bond acceptors (Lipinski definition) is 3. The van der Waals surface area contributed by atoms with E-state index in [9.17, 15) is 13.2 Å². The van der Waals surface area contributed by atoms with Gasteiger partial charge in [0.05, 0.1) is 25.4 Å². The van der Waals surface area contributed by atoms with Crippen molar-refractivity contribution in [1.82, 2.24) is 4.90 Å². The smallest absolute Gasteiger partial charge is 0.382 e. The quantitative estimate of drug-likeness (QED) is 0.205. The van der Waals surface area contributed by atoms with E-state index in [1.807, 2.05) is 17.2 Å². The zero-order valence-corrected chi connectivity index (χ0v) is 36.6. The maximum Gasteiger partial charge on any atom is 0.417 e. The molecule has 28 atom stereocenters. The molecule has 0 radical (unpaired) electrons. The van der Waals surface area contributed by atoms with E-state index in [0.29, 0.717) is 37.0 Å². The lowest BCUT2D eigenvalue weighted by molar-refractivity contribution is -0.149. The largest absolute Gasteiger partial charge is 0.417 e. The minimum atomic E-state index is -4.38. The summed E-state index contributed by atoms with van der Waals surface area (Å²) in [5.74, 6) is 24.3. The van der Waals surface area contributed by atoms with E-state index >= 15 is 0 Å². The van der Waals surface area contributed by atoms with Crippen LogP contribution in [-0.2, 0) is 15.7 Å². The van der Waals surface area contributed by atoms with Gasteiger partial charge in [-0.1, -0.05) is 52.6 Å². The van der Waals surface area contributed by atoms with Gasteiger partial charge >= 0.3 is 6.18 Å². The van der Waals surface area contributed by atoms with E-state index in [0.717, 1.165) is 161 Å². The van der Waals surface area contributed by atoms with Crippen molar-refractivity contribution in [3.63, 3.8) is 0 Å². The third kappa shape index (κ3) is 3.42. The number of halogens is 3. The first kappa shape index (κ1) is 35.1. The molecule has 19 rings (SSSR count). The number of alkyl halides is 3. The molecule has 28 unspecified atom stereocenters. The minimum Gasteiger partial charge on any atom is -0.382 e. The summed E-state index contributed by atoms with van der Waals surface area (Å²) in [6, 6.07) is 11.4. The van der Waals surface area contributed by atoms with Crippen LogP contribution in [-0.4, -0.2) is 44.9 Å². The van der Waals surface area contributed by atoms with Crippen molar-refractivity contribution in [3.8, 4) is 0 Å². The lowest BCUT2D eigenvalue weighted by Gasteiger charge is -2.62. The fourth-order valence-electron chi connectivity index (χ4n) is 27.4. The van der Waals surface area contributed by atoms with Crippen molar-refractivity contribution in [2.45, 2.75) is 63.6 Å². The Morgan fingerprint density at radius 1 is 0.635 bits per heavy atom. The van der Waals surface area contributed by atoms with Crippen molar-refractivity contribution >= 4 is 10.8 Å². The number of benzene rings is 2. The van der Waals surface area contributed by atoms with E-state index < -0.39 is 11.7 Å². The van der Waals surface area contributed by atoms with Crippen molar-refractivity contribution in [3.05, 3.63) is 69.8 Å². The maximum atomic E-state index is 15.0. The molecule has 14 fully saturated rings. The molecular formula is C57H62F3NO2. The monoisotopic (exact) mass is 849 g/mol. The molecule has 2 aromatic rings. The van der Waals surface area contributed by atoms with Crippen molar-refractivity contribution < 1.29 is 22.6 Å². The predicted octanol–water partition coefficient (Wildman–Crippen LogP) is 10.8. The fraction of sp³-hybridized carbons (Fsp3) is 0.754. The summed E-state index contributed by atoms with van der Waals surface area (Å²) in [4.78, 5) is 2.85. The highest BCUT2D eigenvalue weighted by Crippen LogP contribution is 2.93. The second-order valence-corrected chi connectivity index (χ2v) is 26.5. The van der Waals surface area contributed by atoms with Gasteiger partial charge in [0.1, 0.15) is 0 Å². The summed E-state index contributed by atoms with van der Waals surface area (Å²) in [6.07, 6.45) is 7.44. The van der Waals surface area contributed by atoms with Crippen molar-refractivity contribution in [2.24, 2.45) is 159 Å². The van der Waals surface area contributed by atoms with E-state index in [1.165, 1.54) is 37.3 Å². The number of ether oxygens (including phenoxy) is 2. The Morgan fingerprint density at radius 2 is 1.27 bits per heavy atom. The molecule has 6 heteroatoms. The summed E-state index contributed by atoms with van der Waals surface area (Å²) in [5.41, 5.74) is 8.92. The summed E-state index contributed by atoms with van der Waals surface area (Å²) in [5, 5.41) is 1.27. The molecule has 17 aliphatic rings. The van der Waals surface area contributed by atoms with Crippen LogP contribution < -0.4 is 0 Å². The number of allylic oxidation sites excluding steroid dienone is 3. The SMILES string of the molecule is COCCOCCN1CC2C3=C4C5C6=C(C3)CC3CC7CC8CC9CC%10CC%11CC2(C2C4C4C5C5C(C63)C7C3C8C9C6C%10C(C4C6C35)C%112)C1c1cccc2c(C(F)(F)F)cccc12. The second-order valence-electron chi connectivity index (χ2n) is 26.5. The number of methoxy groups -OCH3 is 1. The number of rotatable bonds is 7. The van der Waals surface area contributed by atoms with Crippen LogP contribution in [0.3, 0.4) is 0 Å². The highest BCUT2D eigenvalue weighted by atomic mass is 19.4. The van der Waals surface area contributed by atoms with Gasteiger partial charge in [0.2, 0.25) is 0 Å². The topological polar surface area (TPSA) is 21.7 Å². The van der Waals surface area contributed by atoms with Crippen LogP contribution in [0.1, 0.15) is 68.5 Å². The fourth-order valence-corrected chi connectivity index (χ4v) is 27.4. The van der Waals surface area contributed by atoms with E-state index in [2.05, 4.69) is 28.2 Å². The lowest BCUT2D eigenvalue weighted by Crippen LogP contribution is -2.59. The van der Waals surface area contributed by atoms with Crippen LogP contribution in [0.2, 0.25) is 0 Å². The van der Waals surface area contributed by atoms with Gasteiger partial charge < -0.3 is 9.47 Å². The minimum absolute atomic E-state index is 0.0666. The molecule has 1 saturated heterocycles. The summed E-state index contributed by atoms with van der Waals surface area (Å²) in [7, 11) is 1.75. The van der Waals surface area contributed by atoms with Crippen LogP contribution in [0.15, 0.2) is 58.7 Å². The van der Waals surface area contributed by atoms with E-state index in [-0.39, 0.29) is 11.5 Å². The molecule has 0 amide bonds. The highest BCUT2D eigenvalue weighted by molar-refractivity contribution is 5.89. The first-order chi connectivity index (χ1) is 30.9. The summed E-state index contributed by atoms with van der Waals surface area (Å²) in [6.45, 7) is 3.73. The normalized spacial score (nSPS) is 59.9. The van der Waals surface area contributed by atoms with Crippen LogP contribution in [0.4, 0.5) is 13.2 Å². The van der Waals surface area contributed by atoms with Crippen molar-refractivity contribution in [1.29, 1.82) is 0 Å². The standard InChI is InChI=1S/C57H62F3NO2/c1-62-10-11-63-9-8-61-20-33-31-18-26-16-23-14-24-13-21-12-22-15-25-17-27-19-56(33,55(61)30-6-2-5-29-28(30)4-3-7-32(29)57(58,59)60)54-40(27)45-39(25)44-35(22)34(21)42-38(24)43-36(23)37(26)46-41(31)53(54)52-50(45)48(44)47(42)49(43)51(46)52/h2-7,21-25,27,33-36,38-40,42-55H,8-20H2,1H3. The molecule has 1 spiro atoms. The number of likely N-dealkylation sites (tertiary alicyclic amines) is 1. The molecule has 63 heavy (non-hydrogen) atoms. The second kappa shape index (κ2) is 10.8. The molecule has 1 heterocycles. The molecule has 2 aromatic carbocycles. The maximum absolute atomic E-state index is 15.0. The van der Waals surface area contributed by atoms with Crippen LogP contribution in [0.25, 0.3) is 10.8 Å². The van der Waals surface area contributed by atoms with Gasteiger partial charge in [0, 0.05) is 43.5 Å². The van der Waals surface area contributed by atoms with E-state index in [1.54, 1.807) is 44.9 Å². The Morgan fingerprint density at radius 3 is 2.05 bits per heavy atom. The molecule has 13 saturated carbocycles. The first-order valence-electron chi connectivity index (χ1n) is 26.7. The number of fused-ring (bicyclic) bond motifs is 2. The molecule has 1 aliphatic heterocycles. The van der Waals surface area contributed by atoms with Crippen LogP contribution in [0.5, 0.6) is 0 Å². The zero-order chi connectivity index (χ0) is 40.6. The Labute approximate surface area is 369 Å². The summed E-state index contributed by atoms with van der Waals surface area (Å²) < 4.78 is 56.7. The van der Waals surface area contributed by atoms with Gasteiger partial charge in [-0.15, -0.1) is 0 Å². The first-order valence-corrected chi connectivity index (χ1v) is 26.7. The molecule has 16 aliphatic carbocycles. The third-order valence-electron chi connectivity index (χ3n) is 26.5. The average Bonchev–Trinajstić information content (AvgIpc) is 4.13. The Hall–Kier alpha value is -2.15. The average molecular weight is 850 g/mol. The predicted molar refractivity (Wildman–Crippen MR) is 230 cm³/mol. The molecule has 328 valence electrons. The van der Waals surface area contributed by atoms with Gasteiger partial charge in [-0.3, -0.25) is 4.90 Å². The van der Waals surface area contributed by atoms with Crippen LogP contribution in [0, 0.1) is 159 Å². The lowest BCUT2D eigenvalue weighted by atomic mass is 9.41. The Kier molecular flexibility index (Phi) is 5.98. The highest BCUT2D eigenvalue weighted by Gasteiger charge is 2.88.